The molecule has 0 aromatic heterocycles. The van der Waals surface area contributed by atoms with Crippen molar-refractivity contribution in [1.29, 1.82) is 0 Å². The lowest BCUT2D eigenvalue weighted by molar-refractivity contribution is 0.0697. The van der Waals surface area contributed by atoms with Crippen LogP contribution in [0.3, 0.4) is 0 Å². The van der Waals surface area contributed by atoms with Crippen LogP contribution in [0, 0.1) is 0 Å². The molecule has 21 heavy (non-hydrogen) atoms. The van der Waals surface area contributed by atoms with E-state index in [1.807, 2.05) is 0 Å². The highest BCUT2D eigenvalue weighted by molar-refractivity contribution is 9.10. The Labute approximate surface area is 130 Å². The molecule has 0 bridgehead atoms. The van der Waals surface area contributed by atoms with E-state index in [0.717, 1.165) is 0 Å². The third-order valence-electron chi connectivity index (χ3n) is 3.10. The number of carboxylic acids is 1. The first kappa shape index (κ1) is 16.2. The van der Waals surface area contributed by atoms with Crippen LogP contribution in [0.1, 0.15) is 16.8 Å². The molecule has 0 radical (unpaired) electrons. The van der Waals surface area contributed by atoms with Gasteiger partial charge in [-0.1, -0.05) is 0 Å². The fraction of sp³-hybridized carbons (Fsp3) is 0.364. The largest absolute Gasteiger partial charge is 0.478 e. The van der Waals surface area contributed by atoms with Crippen LogP contribution in [-0.4, -0.2) is 44.7 Å². The number of aromatic carboxylic acids is 1. The maximum absolute atomic E-state index is 12.1. The molecular weight excluding hydrogens is 386 g/mol. The van der Waals surface area contributed by atoms with Crippen LogP contribution < -0.4 is 4.72 Å². The minimum atomic E-state index is -3.85. The van der Waals surface area contributed by atoms with Gasteiger partial charge >= 0.3 is 5.97 Å². The number of carboxylic acid groups (broad SMARTS) is 1. The predicted molar refractivity (Wildman–Crippen MR) is 80.7 cm³/mol. The van der Waals surface area contributed by atoms with Crippen molar-refractivity contribution < 1.29 is 26.7 Å². The van der Waals surface area contributed by atoms with E-state index in [-0.39, 0.29) is 27.9 Å². The quantitative estimate of drug-likeness (QED) is 0.784. The predicted octanol–water partition coefficient (Wildman–Crippen LogP) is 1.08. The molecule has 1 atom stereocenters. The van der Waals surface area contributed by atoms with E-state index >= 15 is 0 Å². The van der Waals surface area contributed by atoms with Gasteiger partial charge in [-0.2, -0.15) is 0 Å². The highest BCUT2D eigenvalue weighted by atomic mass is 79.9. The van der Waals surface area contributed by atoms with Crippen LogP contribution in [0.25, 0.3) is 0 Å². The summed E-state index contributed by atoms with van der Waals surface area (Å²) in [6.07, 6.45) is 0.0580. The van der Waals surface area contributed by atoms with Crippen molar-refractivity contribution in [2.45, 2.75) is 11.7 Å². The fourth-order valence-corrected chi connectivity index (χ4v) is 6.69. The van der Waals surface area contributed by atoms with Crippen molar-refractivity contribution >= 4 is 47.4 Å². The average Bonchev–Trinajstić information content (AvgIpc) is 2.72. The zero-order chi connectivity index (χ0) is 15.8. The zero-order valence-corrected chi connectivity index (χ0v) is 13.8. The van der Waals surface area contributed by atoms with Crippen LogP contribution in [-0.2, 0) is 19.9 Å². The van der Waals surface area contributed by atoms with E-state index in [2.05, 4.69) is 20.7 Å². The molecule has 1 heterocycles. The van der Waals surface area contributed by atoms with Gasteiger partial charge in [0.1, 0.15) is 0 Å². The summed E-state index contributed by atoms with van der Waals surface area (Å²) in [7, 11) is -7.15. The second kappa shape index (κ2) is 5.58. The van der Waals surface area contributed by atoms with E-state index in [9.17, 15) is 21.6 Å². The number of sulfone groups is 1. The summed E-state index contributed by atoms with van der Waals surface area (Å²) in [5.74, 6) is -1.67. The van der Waals surface area contributed by atoms with Gasteiger partial charge in [0, 0.05) is 4.47 Å². The lowest BCUT2D eigenvalue weighted by Gasteiger charge is -2.14. The fourth-order valence-electron chi connectivity index (χ4n) is 1.97. The van der Waals surface area contributed by atoms with Crippen molar-refractivity contribution in [2.24, 2.45) is 0 Å². The van der Waals surface area contributed by atoms with Crippen molar-refractivity contribution in [2.75, 3.05) is 16.2 Å². The Balaban J connectivity index is 2.23. The number of sulfonamides is 1. The number of halogens is 1. The molecule has 10 heteroatoms. The second-order valence-corrected chi connectivity index (χ2v) is 9.72. The number of carbonyl (C=O) groups is 1. The normalized spacial score (nSPS) is 21.1. The minimum Gasteiger partial charge on any atom is -0.478 e. The molecule has 2 N–H and O–H groups in total. The lowest BCUT2D eigenvalue weighted by Crippen LogP contribution is -2.29. The molecule has 1 aliphatic heterocycles. The van der Waals surface area contributed by atoms with Gasteiger partial charge in [-0.25, -0.2) is 21.6 Å². The first-order chi connectivity index (χ1) is 9.61. The van der Waals surface area contributed by atoms with E-state index in [0.29, 0.717) is 0 Å². The van der Waals surface area contributed by atoms with E-state index in [1.165, 1.54) is 18.2 Å². The number of hydrogen-bond acceptors (Lipinski definition) is 5. The molecule has 1 fully saturated rings. The van der Waals surface area contributed by atoms with Crippen LogP contribution in [0.5, 0.6) is 0 Å². The van der Waals surface area contributed by atoms with Gasteiger partial charge in [0.05, 0.1) is 28.0 Å². The van der Waals surface area contributed by atoms with Crippen LogP contribution in [0.15, 0.2) is 22.7 Å². The topological polar surface area (TPSA) is 118 Å². The molecule has 0 aliphatic carbocycles. The molecule has 1 saturated heterocycles. The van der Waals surface area contributed by atoms with Gasteiger partial charge in [0.15, 0.2) is 9.84 Å². The smallest absolute Gasteiger partial charge is 0.335 e. The standard InChI is InChI=1S/C11H12BrNO6S2/c12-9-5-7(11(14)15)1-2-10(9)13-21(18,19)8-3-4-20(16,17)6-8/h1-2,5,8,13H,3-4,6H2,(H,14,15). The van der Waals surface area contributed by atoms with Gasteiger partial charge in [0.25, 0.3) is 0 Å². The number of rotatable bonds is 4. The summed E-state index contributed by atoms with van der Waals surface area (Å²) >= 11 is 3.09. The van der Waals surface area contributed by atoms with Gasteiger partial charge in [-0.3, -0.25) is 4.72 Å². The highest BCUT2D eigenvalue weighted by Gasteiger charge is 2.37. The highest BCUT2D eigenvalue weighted by Crippen LogP contribution is 2.27. The molecule has 1 aliphatic rings. The Bertz CT molecular complexity index is 787. The van der Waals surface area contributed by atoms with E-state index < -0.39 is 36.8 Å². The second-order valence-electron chi connectivity index (χ2n) is 4.67. The lowest BCUT2D eigenvalue weighted by atomic mass is 10.2. The first-order valence-corrected chi connectivity index (χ1v) is 10.0. The van der Waals surface area contributed by atoms with Gasteiger partial charge in [-0.05, 0) is 40.5 Å². The zero-order valence-electron chi connectivity index (χ0n) is 10.6. The summed E-state index contributed by atoms with van der Waals surface area (Å²) in [6.45, 7) is 0. The van der Waals surface area contributed by atoms with E-state index in [1.54, 1.807) is 0 Å². The molecule has 0 spiro atoms. The third kappa shape index (κ3) is 3.74. The molecule has 1 aromatic carbocycles. The van der Waals surface area contributed by atoms with Gasteiger partial charge in [-0.15, -0.1) is 0 Å². The molecule has 7 nitrogen and oxygen atoms in total. The Morgan fingerprint density at radius 1 is 1.38 bits per heavy atom. The minimum absolute atomic E-state index is 0.00765. The summed E-state index contributed by atoms with van der Waals surface area (Å²) < 4.78 is 49.6. The van der Waals surface area contributed by atoms with Gasteiger partial charge in [0.2, 0.25) is 10.0 Å². The third-order valence-corrected chi connectivity index (χ3v) is 7.52. The molecule has 1 aromatic rings. The summed E-state index contributed by atoms with van der Waals surface area (Å²) in [6, 6.07) is 3.84. The molecule has 0 amide bonds. The summed E-state index contributed by atoms with van der Waals surface area (Å²) in [5, 5.41) is 7.84. The monoisotopic (exact) mass is 397 g/mol. The summed E-state index contributed by atoms with van der Waals surface area (Å²) in [5.41, 5.74) is 0.178. The van der Waals surface area contributed by atoms with Crippen molar-refractivity contribution in [3.8, 4) is 0 Å². The molecule has 0 saturated carbocycles. The maximum atomic E-state index is 12.1. The Kier molecular flexibility index (Phi) is 4.31. The number of hydrogen-bond donors (Lipinski definition) is 2. The molecule has 2 rings (SSSR count). The molecule has 116 valence electrons. The maximum Gasteiger partial charge on any atom is 0.335 e. The first-order valence-electron chi connectivity index (χ1n) is 5.86. The number of anilines is 1. The Morgan fingerprint density at radius 2 is 2.05 bits per heavy atom. The molecule has 1 unspecified atom stereocenters. The van der Waals surface area contributed by atoms with Crippen molar-refractivity contribution in [3.05, 3.63) is 28.2 Å². The Morgan fingerprint density at radius 3 is 2.52 bits per heavy atom. The van der Waals surface area contributed by atoms with Crippen LogP contribution in [0.4, 0.5) is 5.69 Å². The SMILES string of the molecule is O=C(O)c1ccc(NS(=O)(=O)C2CCS(=O)(=O)C2)c(Br)c1. The number of benzene rings is 1. The van der Waals surface area contributed by atoms with Crippen molar-refractivity contribution in [3.63, 3.8) is 0 Å². The average molecular weight is 398 g/mol. The van der Waals surface area contributed by atoms with Crippen molar-refractivity contribution in [1.82, 2.24) is 0 Å². The Hall–Kier alpha value is -1.13. The van der Waals surface area contributed by atoms with Gasteiger partial charge < -0.3 is 5.11 Å². The molecular formula is C11H12BrNO6S2. The van der Waals surface area contributed by atoms with Crippen LogP contribution in [0.2, 0.25) is 0 Å². The summed E-state index contributed by atoms with van der Waals surface area (Å²) in [4.78, 5) is 10.8. The van der Waals surface area contributed by atoms with Crippen LogP contribution >= 0.6 is 15.9 Å². The van der Waals surface area contributed by atoms with E-state index in [4.69, 9.17) is 5.11 Å². The number of nitrogens with one attached hydrogen (secondary N) is 1.